The van der Waals surface area contributed by atoms with E-state index in [1.807, 2.05) is 0 Å². The van der Waals surface area contributed by atoms with E-state index >= 15 is 0 Å². The van der Waals surface area contributed by atoms with E-state index < -0.39 is 0 Å². The molecule has 5 saturated carbocycles. The quantitative estimate of drug-likeness (QED) is 0.372. The minimum Gasteiger partial charge on any atom is -0.0599 e. The van der Waals surface area contributed by atoms with Gasteiger partial charge in [0.2, 0.25) is 0 Å². The molecule has 0 spiro atoms. The predicted octanol–water partition coefficient (Wildman–Crippen LogP) is 9.28. The minimum atomic E-state index is 0.560. The fourth-order valence-corrected chi connectivity index (χ4v) is 11.4. The van der Waals surface area contributed by atoms with Crippen molar-refractivity contribution in [1.82, 2.24) is 0 Å². The van der Waals surface area contributed by atoms with Crippen LogP contribution in [-0.4, -0.2) is 0 Å². The van der Waals surface area contributed by atoms with Gasteiger partial charge in [-0.05, 0) is 127 Å². The topological polar surface area (TPSA) is 0 Å². The Labute approximate surface area is 188 Å². The van der Waals surface area contributed by atoms with Crippen LogP contribution in [0, 0.1) is 56.2 Å². The average molecular weight is 413 g/mol. The van der Waals surface area contributed by atoms with Gasteiger partial charge >= 0.3 is 0 Å². The molecular weight excluding hydrogens is 360 g/mol. The van der Waals surface area contributed by atoms with Crippen molar-refractivity contribution < 1.29 is 0 Å². The lowest BCUT2D eigenvalue weighted by molar-refractivity contribution is -0.243. The molecule has 0 bridgehead atoms. The Morgan fingerprint density at radius 1 is 0.533 bits per heavy atom. The lowest BCUT2D eigenvalue weighted by Crippen LogP contribution is -2.65. The van der Waals surface area contributed by atoms with Crippen LogP contribution < -0.4 is 0 Å². The van der Waals surface area contributed by atoms with Gasteiger partial charge in [0, 0.05) is 0 Å². The molecule has 30 heavy (non-hydrogen) atoms. The molecule has 0 aliphatic heterocycles. The zero-order valence-corrected chi connectivity index (χ0v) is 21.8. The van der Waals surface area contributed by atoms with Gasteiger partial charge in [-0.3, -0.25) is 0 Å². The Hall–Kier alpha value is 0. The molecule has 0 aromatic heterocycles. The van der Waals surface area contributed by atoms with Crippen LogP contribution in [0.4, 0.5) is 0 Å². The van der Waals surface area contributed by atoms with Gasteiger partial charge in [0.05, 0.1) is 0 Å². The van der Waals surface area contributed by atoms with Crippen molar-refractivity contribution >= 4 is 0 Å². The molecule has 0 aromatic carbocycles. The van der Waals surface area contributed by atoms with Crippen molar-refractivity contribution in [3.8, 4) is 0 Å². The summed E-state index contributed by atoms with van der Waals surface area (Å²) in [7, 11) is 0. The van der Waals surface area contributed by atoms with Crippen molar-refractivity contribution in [2.24, 2.45) is 56.2 Å². The molecule has 0 unspecified atom stereocenters. The zero-order valence-electron chi connectivity index (χ0n) is 21.8. The SMILES string of the molecule is CC1(C)CC[C@]2(C)CC[C@]3(C)[C@@H](CC[C@H]4[C@@]5(C)CCCC(C)(C)[C@@H]5CC[C@]43C)[C@@H]2C1. The van der Waals surface area contributed by atoms with Crippen LogP contribution >= 0.6 is 0 Å². The summed E-state index contributed by atoms with van der Waals surface area (Å²) in [4.78, 5) is 0. The van der Waals surface area contributed by atoms with Gasteiger partial charge in [0.25, 0.3) is 0 Å². The fraction of sp³-hybridized carbons (Fsp3) is 1.00. The Morgan fingerprint density at radius 3 is 1.97 bits per heavy atom. The van der Waals surface area contributed by atoms with Crippen LogP contribution in [0.5, 0.6) is 0 Å². The summed E-state index contributed by atoms with van der Waals surface area (Å²) >= 11 is 0. The monoisotopic (exact) mass is 412 g/mol. The third-order valence-electron chi connectivity index (χ3n) is 13.4. The van der Waals surface area contributed by atoms with E-state index in [0.29, 0.717) is 32.5 Å². The second-order valence-electron chi connectivity index (χ2n) is 15.6. The second-order valence-corrected chi connectivity index (χ2v) is 15.6. The third kappa shape index (κ3) is 2.70. The van der Waals surface area contributed by atoms with Crippen LogP contribution in [0.25, 0.3) is 0 Å². The molecule has 0 heteroatoms. The summed E-state index contributed by atoms with van der Waals surface area (Å²) in [6.45, 7) is 21.4. The molecule has 5 fully saturated rings. The summed E-state index contributed by atoms with van der Waals surface area (Å²) < 4.78 is 0. The molecule has 0 N–H and O–H groups in total. The van der Waals surface area contributed by atoms with E-state index in [0.717, 1.165) is 23.7 Å². The molecule has 5 aliphatic rings. The number of hydrogen-bond acceptors (Lipinski definition) is 0. The maximum atomic E-state index is 2.81. The Bertz CT molecular complexity index is 701. The van der Waals surface area contributed by atoms with E-state index in [1.54, 1.807) is 0 Å². The number of rotatable bonds is 0. The Balaban J connectivity index is 1.53. The summed E-state index contributed by atoms with van der Waals surface area (Å²) in [6.07, 6.45) is 18.0. The molecule has 0 heterocycles. The highest BCUT2D eigenvalue weighted by Gasteiger charge is 2.68. The van der Waals surface area contributed by atoms with Crippen molar-refractivity contribution in [2.45, 2.75) is 132 Å². The largest absolute Gasteiger partial charge is 0.0599 e. The summed E-state index contributed by atoms with van der Waals surface area (Å²) in [5, 5.41) is 0. The first-order valence-corrected chi connectivity index (χ1v) is 13.8. The number of fused-ring (bicyclic) bond motifs is 7. The van der Waals surface area contributed by atoms with Gasteiger partial charge < -0.3 is 0 Å². The highest BCUT2D eigenvalue weighted by molar-refractivity contribution is 5.17. The average Bonchev–Trinajstić information content (AvgIpc) is 2.63. The van der Waals surface area contributed by atoms with E-state index in [2.05, 4.69) is 55.4 Å². The zero-order chi connectivity index (χ0) is 21.8. The molecule has 0 saturated heterocycles. The lowest BCUT2D eigenvalue weighted by Gasteiger charge is -2.73. The van der Waals surface area contributed by atoms with Crippen molar-refractivity contribution in [2.75, 3.05) is 0 Å². The predicted molar refractivity (Wildman–Crippen MR) is 129 cm³/mol. The molecule has 8 atom stereocenters. The van der Waals surface area contributed by atoms with Crippen LogP contribution in [0.15, 0.2) is 0 Å². The molecule has 5 aliphatic carbocycles. The van der Waals surface area contributed by atoms with Gasteiger partial charge in [-0.2, -0.15) is 0 Å². The van der Waals surface area contributed by atoms with Gasteiger partial charge in [-0.25, -0.2) is 0 Å². The lowest BCUT2D eigenvalue weighted by atomic mass is 9.31. The van der Waals surface area contributed by atoms with E-state index in [9.17, 15) is 0 Å². The van der Waals surface area contributed by atoms with Crippen molar-refractivity contribution in [1.29, 1.82) is 0 Å². The van der Waals surface area contributed by atoms with Gasteiger partial charge in [0.1, 0.15) is 0 Å². The van der Waals surface area contributed by atoms with Crippen molar-refractivity contribution in [3.05, 3.63) is 0 Å². The highest BCUT2D eigenvalue weighted by Crippen LogP contribution is 2.76. The summed E-state index contributed by atoms with van der Waals surface area (Å²) in [5.74, 6) is 3.88. The van der Waals surface area contributed by atoms with Gasteiger partial charge in [-0.15, -0.1) is 0 Å². The van der Waals surface area contributed by atoms with Gasteiger partial charge in [0.15, 0.2) is 0 Å². The standard InChI is InChI=1S/C30H52/c1-25(2)16-17-27(5)18-19-29(7)21(22(27)20-25)10-11-24-28(6)14-9-13-26(3,4)23(28)12-15-30(24,29)8/h21-24H,9-20H2,1-8H3/t21-,22-,23-,24-,27+,28-,29+,30+/m0/s1. The third-order valence-corrected chi connectivity index (χ3v) is 13.4. The van der Waals surface area contributed by atoms with E-state index in [-0.39, 0.29) is 0 Å². The summed E-state index contributed by atoms with van der Waals surface area (Å²) in [5.41, 5.74) is 3.49. The molecule has 0 nitrogen and oxygen atoms in total. The first kappa shape index (κ1) is 21.8. The van der Waals surface area contributed by atoms with Crippen LogP contribution in [-0.2, 0) is 0 Å². The van der Waals surface area contributed by atoms with E-state index in [1.165, 1.54) is 77.0 Å². The first-order chi connectivity index (χ1) is 13.8. The van der Waals surface area contributed by atoms with Crippen molar-refractivity contribution in [3.63, 3.8) is 0 Å². The normalized spacial score (nSPS) is 56.8. The Morgan fingerprint density at radius 2 is 1.23 bits per heavy atom. The molecule has 5 rings (SSSR count). The number of hydrogen-bond donors (Lipinski definition) is 0. The first-order valence-electron chi connectivity index (χ1n) is 13.8. The molecule has 0 aromatic rings. The highest BCUT2D eigenvalue weighted by atomic mass is 14.7. The fourth-order valence-electron chi connectivity index (χ4n) is 11.4. The minimum absolute atomic E-state index is 0.560. The molecular formula is C30H52. The van der Waals surface area contributed by atoms with Crippen LogP contribution in [0.2, 0.25) is 0 Å². The molecule has 0 amide bonds. The van der Waals surface area contributed by atoms with Crippen LogP contribution in [0.3, 0.4) is 0 Å². The maximum Gasteiger partial charge on any atom is -0.0235 e. The Kier molecular flexibility index (Phi) is 4.59. The molecule has 0 radical (unpaired) electrons. The molecule has 172 valence electrons. The van der Waals surface area contributed by atoms with Crippen LogP contribution in [0.1, 0.15) is 132 Å². The smallest absolute Gasteiger partial charge is 0.0235 e. The van der Waals surface area contributed by atoms with Gasteiger partial charge in [-0.1, -0.05) is 61.8 Å². The second kappa shape index (κ2) is 6.32. The van der Waals surface area contributed by atoms with E-state index in [4.69, 9.17) is 0 Å². The maximum absolute atomic E-state index is 2.81. The summed E-state index contributed by atoms with van der Waals surface area (Å²) in [6, 6.07) is 0.